The van der Waals surface area contributed by atoms with Crippen molar-refractivity contribution in [3.63, 3.8) is 0 Å². The monoisotopic (exact) mass is 545 g/mol. The van der Waals surface area contributed by atoms with Crippen LogP contribution in [-0.4, -0.2) is 169 Å². The van der Waals surface area contributed by atoms with Crippen LogP contribution < -0.4 is 5.32 Å². The van der Waals surface area contributed by atoms with E-state index in [2.05, 4.69) is 5.32 Å². The predicted octanol–water partition coefficient (Wildman–Crippen LogP) is -7.43. The number of aliphatic hydroxyl groups excluding tert-OH is 10. The Labute approximate surface area is 210 Å². The molecule has 0 aromatic carbocycles. The summed E-state index contributed by atoms with van der Waals surface area (Å²) in [6, 6.07) is -1.41. The lowest BCUT2D eigenvalue weighted by Crippen LogP contribution is -2.68. The molecule has 0 aromatic heterocycles. The Balaban J connectivity index is 1.86. The first-order valence-corrected chi connectivity index (χ1v) is 11.6. The standard InChI is InChI=1S/C20H35NO16/c1-5(25)21-9-12(28)16(8(4-24)33-18(9)32)36-20-17(14(30)11(27)7(3-23)35-20)37-19-15(31)13(29)10(26)6(2-22)34-19/h6-20,22-24,26-32H,2-4H2,1H3,(H,21,25)/t6-,7-,8-,9-,10-,11-,12-,13+,14+,15+,16-,17+,18?,19-,20+/m1/s1. The maximum atomic E-state index is 11.5. The van der Waals surface area contributed by atoms with Gasteiger partial charge >= 0.3 is 0 Å². The van der Waals surface area contributed by atoms with Crippen LogP contribution in [0.2, 0.25) is 0 Å². The predicted molar refractivity (Wildman–Crippen MR) is 113 cm³/mol. The van der Waals surface area contributed by atoms with E-state index in [4.69, 9.17) is 23.7 Å². The van der Waals surface area contributed by atoms with Crippen molar-refractivity contribution >= 4 is 5.91 Å². The van der Waals surface area contributed by atoms with Crippen LogP contribution in [0.4, 0.5) is 0 Å². The molecule has 0 bridgehead atoms. The summed E-state index contributed by atoms with van der Waals surface area (Å²) in [5.74, 6) is -0.635. The number of nitrogens with one attached hydrogen (secondary N) is 1. The second kappa shape index (κ2) is 12.8. The number of rotatable bonds is 8. The molecule has 3 aliphatic rings. The second-order valence-electron chi connectivity index (χ2n) is 9.07. The van der Waals surface area contributed by atoms with Gasteiger partial charge in [-0.25, -0.2) is 0 Å². The molecule has 17 heteroatoms. The summed E-state index contributed by atoms with van der Waals surface area (Å²) in [5, 5.41) is 103. The Morgan fingerprint density at radius 3 is 1.70 bits per heavy atom. The molecule has 1 unspecified atom stereocenters. The van der Waals surface area contributed by atoms with Gasteiger partial charge in [-0.15, -0.1) is 0 Å². The molecule has 37 heavy (non-hydrogen) atoms. The van der Waals surface area contributed by atoms with Gasteiger partial charge in [0.05, 0.1) is 19.8 Å². The molecule has 3 heterocycles. The molecular weight excluding hydrogens is 510 g/mol. The van der Waals surface area contributed by atoms with Gasteiger partial charge in [0.15, 0.2) is 18.9 Å². The topological polar surface area (TPSA) is 278 Å². The number of carbonyl (C=O) groups excluding carboxylic acids is 1. The van der Waals surface area contributed by atoms with Gasteiger partial charge in [-0.1, -0.05) is 0 Å². The second-order valence-corrected chi connectivity index (χ2v) is 9.07. The summed E-state index contributed by atoms with van der Waals surface area (Å²) in [6.07, 6.45) is -23.6. The highest BCUT2D eigenvalue weighted by atomic mass is 16.8. The highest BCUT2D eigenvalue weighted by Crippen LogP contribution is 2.32. The van der Waals surface area contributed by atoms with Crippen molar-refractivity contribution < 1.29 is 79.5 Å². The smallest absolute Gasteiger partial charge is 0.217 e. The van der Waals surface area contributed by atoms with Crippen molar-refractivity contribution in [2.45, 2.75) is 99.0 Å². The van der Waals surface area contributed by atoms with E-state index in [-0.39, 0.29) is 0 Å². The molecule has 3 rings (SSSR count). The zero-order valence-corrected chi connectivity index (χ0v) is 19.7. The number of carbonyl (C=O) groups is 1. The van der Waals surface area contributed by atoms with Gasteiger partial charge in [0, 0.05) is 6.92 Å². The normalized spacial score (nSPS) is 49.0. The maximum absolute atomic E-state index is 11.5. The number of amides is 1. The van der Waals surface area contributed by atoms with E-state index in [0.29, 0.717) is 0 Å². The molecular formula is C20H35NO16. The van der Waals surface area contributed by atoms with Crippen LogP contribution in [0.25, 0.3) is 0 Å². The van der Waals surface area contributed by atoms with E-state index in [1.165, 1.54) is 0 Å². The van der Waals surface area contributed by atoms with Crippen molar-refractivity contribution in [3.05, 3.63) is 0 Å². The fourth-order valence-corrected chi connectivity index (χ4v) is 4.44. The van der Waals surface area contributed by atoms with E-state index in [1.807, 2.05) is 0 Å². The molecule has 0 aromatic rings. The minimum Gasteiger partial charge on any atom is -0.394 e. The molecule has 3 fully saturated rings. The van der Waals surface area contributed by atoms with Gasteiger partial charge in [0.2, 0.25) is 5.91 Å². The average molecular weight is 545 g/mol. The molecule has 17 nitrogen and oxygen atoms in total. The molecule has 1 amide bonds. The van der Waals surface area contributed by atoms with E-state index < -0.39 is 118 Å². The molecule has 3 saturated heterocycles. The number of ether oxygens (including phenoxy) is 5. The summed E-state index contributed by atoms with van der Waals surface area (Å²) in [6.45, 7) is -1.25. The van der Waals surface area contributed by atoms with Gasteiger partial charge in [-0.3, -0.25) is 4.79 Å². The molecule has 0 saturated carbocycles. The first-order valence-electron chi connectivity index (χ1n) is 11.6. The summed E-state index contributed by atoms with van der Waals surface area (Å²) >= 11 is 0. The van der Waals surface area contributed by atoms with Crippen LogP contribution in [0.5, 0.6) is 0 Å². The van der Waals surface area contributed by atoms with Crippen molar-refractivity contribution in [2.75, 3.05) is 19.8 Å². The van der Waals surface area contributed by atoms with Crippen LogP contribution in [0.1, 0.15) is 6.92 Å². The van der Waals surface area contributed by atoms with Crippen LogP contribution in [0.15, 0.2) is 0 Å². The number of hydrogen-bond acceptors (Lipinski definition) is 16. The lowest BCUT2D eigenvalue weighted by molar-refractivity contribution is -0.383. The SMILES string of the molecule is CC(=O)N[C@H]1C(O)O[C@H](CO)[C@@H](O[C@@H]2O[C@H](CO)[C@@H](O)[C@H](O)[C@@H]2O[C@H]2O[C@H](CO)[C@@H](O)[C@H](O)[C@@H]2O)[C@@H]1O. The molecule has 11 N–H and O–H groups in total. The molecule has 216 valence electrons. The number of aliphatic hydroxyl groups is 10. The summed E-state index contributed by atoms with van der Waals surface area (Å²) < 4.78 is 27.3. The minimum absolute atomic E-state index is 0.635. The molecule has 0 aliphatic carbocycles. The molecule has 0 radical (unpaired) electrons. The van der Waals surface area contributed by atoms with E-state index in [1.54, 1.807) is 0 Å². The first-order chi connectivity index (χ1) is 17.4. The lowest BCUT2D eigenvalue weighted by atomic mass is 9.95. The fraction of sp³-hybridized carbons (Fsp3) is 0.950. The van der Waals surface area contributed by atoms with E-state index in [0.717, 1.165) is 6.92 Å². The Bertz CT molecular complexity index is 745. The van der Waals surface area contributed by atoms with Gasteiger partial charge in [0.25, 0.3) is 0 Å². The summed E-state index contributed by atoms with van der Waals surface area (Å²) in [7, 11) is 0. The first kappa shape index (κ1) is 30.4. The van der Waals surface area contributed by atoms with Crippen LogP contribution in [0.3, 0.4) is 0 Å². The van der Waals surface area contributed by atoms with E-state index >= 15 is 0 Å². The van der Waals surface area contributed by atoms with Gasteiger partial charge in [0.1, 0.15) is 73.2 Å². The molecule has 0 spiro atoms. The summed E-state index contributed by atoms with van der Waals surface area (Å²) in [4.78, 5) is 11.5. The minimum atomic E-state index is -1.90. The van der Waals surface area contributed by atoms with Gasteiger partial charge in [-0.05, 0) is 0 Å². The number of hydrogen-bond donors (Lipinski definition) is 11. The van der Waals surface area contributed by atoms with Crippen LogP contribution >= 0.6 is 0 Å². The lowest BCUT2D eigenvalue weighted by Gasteiger charge is -2.48. The van der Waals surface area contributed by atoms with Crippen molar-refractivity contribution in [2.24, 2.45) is 0 Å². The highest BCUT2D eigenvalue weighted by Gasteiger charge is 2.54. The Morgan fingerprint density at radius 1 is 0.649 bits per heavy atom. The summed E-state index contributed by atoms with van der Waals surface area (Å²) in [5.41, 5.74) is 0. The van der Waals surface area contributed by atoms with Crippen LogP contribution in [0, 0.1) is 0 Å². The van der Waals surface area contributed by atoms with Crippen LogP contribution in [-0.2, 0) is 28.5 Å². The van der Waals surface area contributed by atoms with Crippen molar-refractivity contribution in [3.8, 4) is 0 Å². The molecule has 15 atom stereocenters. The third kappa shape index (κ3) is 6.38. The van der Waals surface area contributed by atoms with E-state index in [9.17, 15) is 55.9 Å². The zero-order valence-electron chi connectivity index (χ0n) is 19.7. The third-order valence-corrected chi connectivity index (χ3v) is 6.50. The molecule has 3 aliphatic heterocycles. The highest BCUT2D eigenvalue weighted by molar-refractivity contribution is 5.73. The Morgan fingerprint density at radius 2 is 1.16 bits per heavy atom. The maximum Gasteiger partial charge on any atom is 0.217 e. The Hall–Kier alpha value is -1.13. The average Bonchev–Trinajstić information content (AvgIpc) is 2.86. The Kier molecular flexibility index (Phi) is 10.5. The van der Waals surface area contributed by atoms with Gasteiger partial charge < -0.3 is 80.1 Å². The van der Waals surface area contributed by atoms with Crippen molar-refractivity contribution in [1.29, 1.82) is 0 Å². The zero-order chi connectivity index (χ0) is 27.6. The van der Waals surface area contributed by atoms with Gasteiger partial charge in [-0.2, -0.15) is 0 Å². The van der Waals surface area contributed by atoms with Crippen molar-refractivity contribution in [1.82, 2.24) is 5.32 Å². The quantitative estimate of drug-likeness (QED) is 0.135. The fourth-order valence-electron chi connectivity index (χ4n) is 4.44. The largest absolute Gasteiger partial charge is 0.394 e. The third-order valence-electron chi connectivity index (χ3n) is 6.50.